The van der Waals surface area contributed by atoms with Gasteiger partial charge in [-0.1, -0.05) is 6.92 Å². The lowest BCUT2D eigenvalue weighted by atomic mass is 9.41. The highest BCUT2D eigenvalue weighted by molar-refractivity contribution is 5.85. The first-order valence-electron chi connectivity index (χ1n) is 18.0. The van der Waals surface area contributed by atoms with Gasteiger partial charge in [-0.05, 0) is 81.6 Å². The number of aliphatic hydroxyl groups excluding tert-OH is 6. The van der Waals surface area contributed by atoms with Gasteiger partial charge in [0.2, 0.25) is 0 Å². The van der Waals surface area contributed by atoms with Crippen molar-refractivity contribution in [3.05, 3.63) is 11.6 Å². The van der Waals surface area contributed by atoms with Gasteiger partial charge in [-0.3, -0.25) is 0 Å². The topological polar surface area (TPSA) is 242 Å². The summed E-state index contributed by atoms with van der Waals surface area (Å²) in [6.07, 6.45) is -8.63. The molecular weight excluding hydrogens is 660 g/mol. The summed E-state index contributed by atoms with van der Waals surface area (Å²) in [5.74, 6) is -0.830. The summed E-state index contributed by atoms with van der Waals surface area (Å²) in [6.45, 7) is 3.22. The van der Waals surface area contributed by atoms with Crippen molar-refractivity contribution >= 4 is 12.3 Å². The van der Waals surface area contributed by atoms with Crippen LogP contribution in [0, 0.1) is 28.6 Å². The van der Waals surface area contributed by atoms with E-state index < -0.39 is 96.2 Å². The van der Waals surface area contributed by atoms with Crippen LogP contribution < -0.4 is 0 Å². The zero-order chi connectivity index (χ0) is 36.0. The molecule has 2 saturated heterocycles. The first kappa shape index (κ1) is 36.7. The summed E-state index contributed by atoms with van der Waals surface area (Å²) >= 11 is 0. The highest BCUT2D eigenvalue weighted by Gasteiger charge is 2.71. The van der Waals surface area contributed by atoms with E-state index in [9.17, 15) is 50.4 Å². The van der Waals surface area contributed by atoms with Gasteiger partial charge >= 0.3 is 5.97 Å². The number of aliphatic hydroxyl groups is 8. The molecule has 7 aliphatic rings. The first-order valence-corrected chi connectivity index (χ1v) is 18.0. The van der Waals surface area contributed by atoms with Crippen molar-refractivity contribution in [3.8, 4) is 0 Å². The van der Waals surface area contributed by atoms with Crippen LogP contribution in [-0.2, 0) is 33.3 Å². The van der Waals surface area contributed by atoms with Crippen LogP contribution in [0.15, 0.2) is 11.6 Å². The smallest absolute Gasteiger partial charge is 0.331 e. The maximum Gasteiger partial charge on any atom is 0.331 e. The lowest BCUT2D eigenvalue weighted by Crippen LogP contribution is -2.69. The number of carbonyl (C=O) groups excluding carboxylic acids is 2. The molecule has 4 saturated carbocycles. The molecule has 18 atom stereocenters. The van der Waals surface area contributed by atoms with E-state index in [-0.39, 0.29) is 43.2 Å². The molecule has 0 spiro atoms. The van der Waals surface area contributed by atoms with Crippen molar-refractivity contribution in [3.63, 3.8) is 0 Å². The van der Waals surface area contributed by atoms with Gasteiger partial charge in [0.05, 0.1) is 35.4 Å². The Balaban J connectivity index is 1.02. The standard InChI is InChI=1S/C35H52O15/c1-16-29(50-31-27(42)25(40)24(39)22(13-36)49-31)26(41)28(43)30(47-16)48-18-3-8-33(15-37)20-4-7-32(2)19(17-11-23(38)46-14-17)6-10-35(32,45)21(20)5-9-34(33,44)12-18/h11,15-16,18-22,24-31,36,39-45H,3-10,12-14H2,1-2H3/t16-,18-,19+,20-,21+,22+,24+,25-,26-,27+,28+,29-,30-,31-,32+,33+,34-,35-/m0/s1. The maximum atomic E-state index is 13.2. The Kier molecular flexibility index (Phi) is 9.60. The third kappa shape index (κ3) is 5.37. The number of carbonyl (C=O) groups is 2. The van der Waals surface area contributed by atoms with Crippen LogP contribution in [0.4, 0.5) is 0 Å². The van der Waals surface area contributed by atoms with Crippen LogP contribution in [0.3, 0.4) is 0 Å². The van der Waals surface area contributed by atoms with Gasteiger partial charge in [0.25, 0.3) is 0 Å². The minimum absolute atomic E-state index is 0.00102. The van der Waals surface area contributed by atoms with E-state index >= 15 is 0 Å². The van der Waals surface area contributed by atoms with Gasteiger partial charge < -0.3 is 69.3 Å². The van der Waals surface area contributed by atoms with Gasteiger partial charge in [0, 0.05) is 17.9 Å². The summed E-state index contributed by atoms with van der Waals surface area (Å²) in [6, 6.07) is 0. The molecule has 0 unspecified atom stereocenters. The van der Waals surface area contributed by atoms with E-state index in [4.69, 9.17) is 23.7 Å². The second-order valence-corrected chi connectivity index (χ2v) is 16.2. The normalized spacial score (nSPS) is 55.0. The zero-order valence-electron chi connectivity index (χ0n) is 28.5. The van der Waals surface area contributed by atoms with E-state index in [2.05, 4.69) is 6.92 Å². The number of aldehydes is 1. The van der Waals surface area contributed by atoms with Crippen molar-refractivity contribution in [1.82, 2.24) is 0 Å². The molecule has 0 amide bonds. The third-order valence-corrected chi connectivity index (χ3v) is 14.1. The average Bonchev–Trinajstić information content (AvgIpc) is 3.64. The Morgan fingerprint density at radius 2 is 1.56 bits per heavy atom. The molecule has 3 aliphatic heterocycles. The minimum atomic E-state index is -1.71. The number of fused-ring (bicyclic) bond motifs is 5. The molecule has 15 heteroatoms. The minimum Gasteiger partial charge on any atom is -0.458 e. The SMILES string of the molecule is C[C@@H]1O[C@@H](O[C@H]2CC[C@@]3(C=O)[C@H]4CC[C@]5(C)[C@@H](C6=CC(=O)OC6)CC[C@]5(O)[C@@H]4CC[C@]3(O)C2)[C@H](O)[C@H](O)[C@H]1O[C@@H]1O[C@H](CO)[C@@H](O)[C@H](O)[C@H]1O. The maximum absolute atomic E-state index is 13.2. The zero-order valence-corrected chi connectivity index (χ0v) is 28.5. The molecule has 282 valence electrons. The van der Waals surface area contributed by atoms with E-state index in [1.807, 2.05) is 0 Å². The Morgan fingerprint density at radius 3 is 2.24 bits per heavy atom. The van der Waals surface area contributed by atoms with Crippen LogP contribution in [0.1, 0.15) is 71.6 Å². The predicted molar refractivity (Wildman–Crippen MR) is 167 cm³/mol. The molecule has 8 N–H and O–H groups in total. The largest absolute Gasteiger partial charge is 0.458 e. The summed E-state index contributed by atoms with van der Waals surface area (Å²) in [7, 11) is 0. The van der Waals surface area contributed by atoms with Gasteiger partial charge in [-0.15, -0.1) is 0 Å². The molecule has 50 heavy (non-hydrogen) atoms. The molecule has 7 rings (SSSR count). The fourth-order valence-corrected chi connectivity index (χ4v) is 11.3. The third-order valence-electron chi connectivity index (χ3n) is 14.1. The van der Waals surface area contributed by atoms with E-state index in [1.54, 1.807) is 13.0 Å². The Morgan fingerprint density at radius 1 is 0.860 bits per heavy atom. The Hall–Kier alpha value is -1.60. The predicted octanol–water partition coefficient (Wildman–Crippen LogP) is -1.43. The lowest BCUT2D eigenvalue weighted by molar-refractivity contribution is -0.361. The molecule has 15 nitrogen and oxygen atoms in total. The van der Waals surface area contributed by atoms with Crippen molar-refractivity contribution in [2.45, 2.75) is 150 Å². The second kappa shape index (κ2) is 13.1. The Labute approximate surface area is 290 Å². The molecule has 0 bridgehead atoms. The summed E-state index contributed by atoms with van der Waals surface area (Å²) in [5.41, 5.74) is -3.20. The monoisotopic (exact) mass is 712 g/mol. The second-order valence-electron chi connectivity index (χ2n) is 16.2. The summed E-state index contributed by atoms with van der Waals surface area (Å²) < 4.78 is 28.4. The Bertz CT molecular complexity index is 1340. The van der Waals surface area contributed by atoms with Crippen molar-refractivity contribution in [1.29, 1.82) is 0 Å². The number of rotatable bonds is 7. The van der Waals surface area contributed by atoms with E-state index in [1.165, 1.54) is 0 Å². The van der Waals surface area contributed by atoms with Crippen LogP contribution in [-0.4, -0.2) is 145 Å². The number of esters is 1. The molecule has 4 aliphatic carbocycles. The first-order chi connectivity index (χ1) is 23.6. The lowest BCUT2D eigenvalue weighted by Gasteiger charge is -2.65. The number of cyclic esters (lactones) is 1. The summed E-state index contributed by atoms with van der Waals surface area (Å²) in [5, 5.41) is 87.0. The summed E-state index contributed by atoms with van der Waals surface area (Å²) in [4.78, 5) is 25.1. The van der Waals surface area contributed by atoms with Gasteiger partial charge in [-0.25, -0.2) is 4.79 Å². The quantitative estimate of drug-likeness (QED) is 0.0858. The molecule has 3 heterocycles. The molecule has 0 aromatic carbocycles. The number of hydrogen-bond acceptors (Lipinski definition) is 15. The van der Waals surface area contributed by atoms with Crippen LogP contribution >= 0.6 is 0 Å². The fourth-order valence-electron chi connectivity index (χ4n) is 11.3. The van der Waals surface area contributed by atoms with Gasteiger partial charge in [0.15, 0.2) is 12.6 Å². The molecule has 0 radical (unpaired) electrons. The van der Waals surface area contributed by atoms with Crippen molar-refractivity contribution in [2.24, 2.45) is 28.6 Å². The highest BCUT2D eigenvalue weighted by Crippen LogP contribution is 2.70. The van der Waals surface area contributed by atoms with Crippen molar-refractivity contribution in [2.75, 3.05) is 13.2 Å². The van der Waals surface area contributed by atoms with Gasteiger partial charge in [-0.2, -0.15) is 0 Å². The van der Waals surface area contributed by atoms with E-state index in [0.29, 0.717) is 38.5 Å². The van der Waals surface area contributed by atoms with Gasteiger partial charge in [0.1, 0.15) is 55.6 Å². The van der Waals surface area contributed by atoms with Crippen LogP contribution in [0.25, 0.3) is 0 Å². The van der Waals surface area contributed by atoms with Crippen LogP contribution in [0.2, 0.25) is 0 Å². The van der Waals surface area contributed by atoms with E-state index in [0.717, 1.165) is 18.3 Å². The fraction of sp³-hybridized carbons (Fsp3) is 0.886. The number of hydrogen-bond donors (Lipinski definition) is 8. The number of ether oxygens (including phenoxy) is 5. The molecule has 6 fully saturated rings. The van der Waals surface area contributed by atoms with Crippen LogP contribution in [0.5, 0.6) is 0 Å². The van der Waals surface area contributed by atoms with Crippen molar-refractivity contribution < 1.29 is 74.1 Å². The molecule has 0 aromatic heterocycles. The molecule has 0 aromatic rings. The average molecular weight is 713 g/mol. The highest BCUT2D eigenvalue weighted by atomic mass is 16.7. The molecular formula is C35H52O15.